The van der Waals surface area contributed by atoms with E-state index < -0.39 is 5.60 Å². The minimum Gasteiger partial charge on any atom is -0.390 e. The van der Waals surface area contributed by atoms with Crippen LogP contribution in [0.2, 0.25) is 0 Å². The Morgan fingerprint density at radius 1 is 1.10 bits per heavy atom. The van der Waals surface area contributed by atoms with Crippen molar-refractivity contribution in [3.63, 3.8) is 0 Å². The van der Waals surface area contributed by atoms with Gasteiger partial charge in [0.2, 0.25) is 0 Å². The van der Waals surface area contributed by atoms with Gasteiger partial charge in [-0.15, -0.1) is 0 Å². The van der Waals surface area contributed by atoms with Crippen LogP contribution < -0.4 is 0 Å². The molecule has 1 N–H and O–H groups in total. The molecule has 0 amide bonds. The summed E-state index contributed by atoms with van der Waals surface area (Å²) in [5, 5.41) is 9.36. The second kappa shape index (κ2) is 3.22. The van der Waals surface area contributed by atoms with Gasteiger partial charge in [0.25, 0.3) is 0 Å². The van der Waals surface area contributed by atoms with Gasteiger partial charge < -0.3 is 5.11 Å². The predicted molar refractivity (Wildman–Crippen MR) is 48.5 cm³/mol. The highest BCUT2D eigenvalue weighted by atomic mass is 79.9. The van der Waals surface area contributed by atoms with Crippen molar-refractivity contribution in [1.29, 1.82) is 0 Å². The summed E-state index contributed by atoms with van der Waals surface area (Å²) >= 11 is 3.52. The highest BCUT2D eigenvalue weighted by Gasteiger charge is 2.19. The van der Waals surface area contributed by atoms with E-state index in [4.69, 9.17) is 0 Å². The molecule has 0 unspecified atom stereocenters. The van der Waals surface area contributed by atoms with Crippen molar-refractivity contribution in [2.24, 2.45) is 0 Å². The van der Waals surface area contributed by atoms with Crippen molar-refractivity contribution >= 4 is 15.9 Å². The minimum atomic E-state index is -0.523. The van der Waals surface area contributed by atoms with Crippen LogP contribution in [-0.2, 0) is 0 Å². The molecule has 0 aliphatic heterocycles. The zero-order valence-corrected chi connectivity index (χ0v) is 8.83. The first-order valence-electron chi connectivity index (χ1n) is 3.62. The summed E-state index contributed by atoms with van der Waals surface area (Å²) in [4.78, 5) is 0. The minimum absolute atomic E-state index is 0.160. The van der Waals surface area contributed by atoms with Crippen molar-refractivity contribution in [2.75, 3.05) is 0 Å². The SMILES string of the molecule is CC(C)(O)CCC(C)(C)Br. The third-order valence-corrected chi connectivity index (χ3v) is 1.73. The van der Waals surface area contributed by atoms with Crippen molar-refractivity contribution in [2.45, 2.75) is 50.5 Å². The molecule has 0 spiro atoms. The number of hydrogen-bond acceptors (Lipinski definition) is 1. The van der Waals surface area contributed by atoms with E-state index in [9.17, 15) is 5.11 Å². The van der Waals surface area contributed by atoms with Crippen LogP contribution in [0.1, 0.15) is 40.5 Å². The molecule has 0 saturated carbocycles. The van der Waals surface area contributed by atoms with Crippen LogP contribution in [0.5, 0.6) is 0 Å². The summed E-state index contributed by atoms with van der Waals surface area (Å²) in [5.74, 6) is 0. The predicted octanol–water partition coefficient (Wildman–Crippen LogP) is 2.71. The molecule has 2 heteroatoms. The third-order valence-electron chi connectivity index (χ3n) is 1.33. The van der Waals surface area contributed by atoms with Crippen LogP contribution in [0.15, 0.2) is 0 Å². The number of hydrogen-bond donors (Lipinski definition) is 1. The summed E-state index contributed by atoms with van der Waals surface area (Å²) in [7, 11) is 0. The number of alkyl halides is 1. The lowest BCUT2D eigenvalue weighted by Gasteiger charge is -2.22. The van der Waals surface area contributed by atoms with Gasteiger partial charge in [-0.1, -0.05) is 29.8 Å². The van der Waals surface area contributed by atoms with Crippen LogP contribution in [0, 0.1) is 0 Å². The molecule has 0 aromatic carbocycles. The van der Waals surface area contributed by atoms with Gasteiger partial charge in [0.05, 0.1) is 5.60 Å². The van der Waals surface area contributed by atoms with Crippen molar-refractivity contribution in [1.82, 2.24) is 0 Å². The number of halogens is 1. The summed E-state index contributed by atoms with van der Waals surface area (Å²) in [5.41, 5.74) is -0.523. The van der Waals surface area contributed by atoms with Crippen molar-refractivity contribution in [3.05, 3.63) is 0 Å². The molecular weight excluding hydrogens is 192 g/mol. The third kappa shape index (κ3) is 8.44. The van der Waals surface area contributed by atoms with E-state index in [-0.39, 0.29) is 4.32 Å². The lowest BCUT2D eigenvalue weighted by atomic mass is 9.97. The first-order chi connectivity index (χ1) is 4.21. The van der Waals surface area contributed by atoms with Crippen LogP contribution >= 0.6 is 15.9 Å². The van der Waals surface area contributed by atoms with E-state index in [1.807, 2.05) is 13.8 Å². The number of rotatable bonds is 3. The maximum Gasteiger partial charge on any atom is 0.0592 e. The Morgan fingerprint density at radius 2 is 1.50 bits per heavy atom. The Kier molecular flexibility index (Phi) is 3.37. The fourth-order valence-corrected chi connectivity index (χ4v) is 0.801. The summed E-state index contributed by atoms with van der Waals surface area (Å²) in [6.07, 6.45) is 1.84. The van der Waals surface area contributed by atoms with E-state index in [1.165, 1.54) is 0 Å². The lowest BCUT2D eigenvalue weighted by molar-refractivity contribution is 0.0667. The fourth-order valence-electron chi connectivity index (χ4n) is 0.603. The van der Waals surface area contributed by atoms with Gasteiger partial charge in [0, 0.05) is 4.32 Å². The first-order valence-corrected chi connectivity index (χ1v) is 4.41. The van der Waals surface area contributed by atoms with Crippen LogP contribution in [0.3, 0.4) is 0 Å². The molecule has 0 bridgehead atoms. The molecule has 1 nitrogen and oxygen atoms in total. The Bertz CT molecular complexity index is 82.8. The van der Waals surface area contributed by atoms with Gasteiger partial charge in [-0.3, -0.25) is 0 Å². The highest BCUT2D eigenvalue weighted by Crippen LogP contribution is 2.25. The maximum absolute atomic E-state index is 9.36. The van der Waals surface area contributed by atoms with E-state index in [0.29, 0.717) is 0 Å². The lowest BCUT2D eigenvalue weighted by Crippen LogP contribution is -2.22. The maximum atomic E-state index is 9.36. The topological polar surface area (TPSA) is 20.2 Å². The van der Waals surface area contributed by atoms with Crippen molar-refractivity contribution < 1.29 is 5.11 Å². The summed E-state index contributed by atoms with van der Waals surface area (Å²) in [6.45, 7) is 7.90. The van der Waals surface area contributed by atoms with E-state index in [1.54, 1.807) is 0 Å². The molecule has 0 aliphatic rings. The molecule has 0 radical (unpaired) electrons. The van der Waals surface area contributed by atoms with Gasteiger partial charge in [0.15, 0.2) is 0 Å². The van der Waals surface area contributed by atoms with Crippen LogP contribution in [0.4, 0.5) is 0 Å². The van der Waals surface area contributed by atoms with Gasteiger partial charge in [-0.25, -0.2) is 0 Å². The first kappa shape index (κ1) is 10.4. The van der Waals surface area contributed by atoms with E-state index in [2.05, 4.69) is 29.8 Å². The quantitative estimate of drug-likeness (QED) is 0.708. The Morgan fingerprint density at radius 3 is 1.60 bits per heavy atom. The average molecular weight is 209 g/mol. The second-order valence-corrected chi connectivity index (χ2v) is 6.18. The fraction of sp³-hybridized carbons (Fsp3) is 1.00. The molecule has 10 heavy (non-hydrogen) atoms. The van der Waals surface area contributed by atoms with Gasteiger partial charge in [-0.05, 0) is 26.7 Å². The molecule has 0 atom stereocenters. The highest BCUT2D eigenvalue weighted by molar-refractivity contribution is 9.10. The average Bonchev–Trinajstić information content (AvgIpc) is 1.57. The molecule has 0 aliphatic carbocycles. The smallest absolute Gasteiger partial charge is 0.0592 e. The van der Waals surface area contributed by atoms with Gasteiger partial charge >= 0.3 is 0 Å². The zero-order valence-electron chi connectivity index (χ0n) is 7.24. The largest absolute Gasteiger partial charge is 0.390 e. The monoisotopic (exact) mass is 208 g/mol. The molecule has 0 saturated heterocycles. The standard InChI is InChI=1S/C8H17BrO/c1-7(2,9)5-6-8(3,4)10/h10H,5-6H2,1-4H3. The second-order valence-electron chi connectivity index (χ2n) is 4.03. The molecule has 62 valence electrons. The molecule has 0 aromatic rings. The van der Waals surface area contributed by atoms with Crippen molar-refractivity contribution in [3.8, 4) is 0 Å². The molecule has 0 heterocycles. The summed E-state index contributed by atoms with van der Waals surface area (Å²) in [6, 6.07) is 0. The molecule has 0 rings (SSSR count). The molecule has 0 fully saturated rings. The Hall–Kier alpha value is 0.440. The van der Waals surface area contributed by atoms with Gasteiger partial charge in [-0.2, -0.15) is 0 Å². The molecule has 0 aromatic heterocycles. The van der Waals surface area contributed by atoms with Crippen LogP contribution in [-0.4, -0.2) is 15.0 Å². The van der Waals surface area contributed by atoms with Crippen LogP contribution in [0.25, 0.3) is 0 Å². The zero-order chi connectivity index (χ0) is 8.41. The summed E-state index contributed by atoms with van der Waals surface area (Å²) < 4.78 is 0.160. The van der Waals surface area contributed by atoms with E-state index >= 15 is 0 Å². The normalized spacial score (nSPS) is 13.8. The van der Waals surface area contributed by atoms with E-state index in [0.717, 1.165) is 12.8 Å². The molecular formula is C8H17BrO. The Labute approximate surface area is 72.0 Å². The number of aliphatic hydroxyl groups is 1. The van der Waals surface area contributed by atoms with Gasteiger partial charge in [0.1, 0.15) is 0 Å². The Balaban J connectivity index is 3.56.